The van der Waals surface area contributed by atoms with Crippen molar-refractivity contribution >= 4 is 0 Å². The molecule has 1 aliphatic heterocycles. The highest BCUT2D eigenvalue weighted by Gasteiger charge is 2.21. The summed E-state index contributed by atoms with van der Waals surface area (Å²) in [7, 11) is 0. The maximum absolute atomic E-state index is 12.9. The molecule has 1 aromatic heterocycles. The average Bonchev–Trinajstić information content (AvgIpc) is 2.73. The summed E-state index contributed by atoms with van der Waals surface area (Å²) in [5, 5.41) is 13.8. The topological polar surface area (TPSA) is 58.4 Å². The third kappa shape index (κ3) is 4.31. The first kappa shape index (κ1) is 18.4. The summed E-state index contributed by atoms with van der Waals surface area (Å²) < 4.78 is 1.60. The summed E-state index contributed by atoms with van der Waals surface area (Å²) in [5.74, 6) is 0.660. The zero-order chi connectivity index (χ0) is 19.3. The van der Waals surface area contributed by atoms with Gasteiger partial charge < -0.3 is 5.11 Å². The van der Waals surface area contributed by atoms with Crippen LogP contribution in [0.1, 0.15) is 18.4 Å². The van der Waals surface area contributed by atoms with Gasteiger partial charge in [0.1, 0.15) is 5.75 Å². The van der Waals surface area contributed by atoms with E-state index >= 15 is 0 Å². The van der Waals surface area contributed by atoms with Crippen LogP contribution < -0.4 is 5.56 Å². The van der Waals surface area contributed by atoms with Crippen LogP contribution >= 0.6 is 0 Å². The number of aromatic nitrogens is 2. The quantitative estimate of drug-likeness (QED) is 0.741. The number of hydrogen-bond acceptors (Lipinski definition) is 4. The fraction of sp³-hybridized carbons (Fsp3) is 0.304. The van der Waals surface area contributed by atoms with E-state index in [4.69, 9.17) is 0 Å². The first-order chi connectivity index (χ1) is 13.7. The molecule has 1 saturated heterocycles. The van der Waals surface area contributed by atoms with E-state index in [0.717, 1.165) is 38.0 Å². The summed E-state index contributed by atoms with van der Waals surface area (Å²) >= 11 is 0. The minimum absolute atomic E-state index is 0.0695. The molecule has 28 heavy (non-hydrogen) atoms. The first-order valence-electron chi connectivity index (χ1n) is 9.81. The van der Waals surface area contributed by atoms with E-state index in [1.165, 1.54) is 5.56 Å². The van der Waals surface area contributed by atoms with Gasteiger partial charge in [0.15, 0.2) is 0 Å². The zero-order valence-electron chi connectivity index (χ0n) is 15.9. The van der Waals surface area contributed by atoms with Gasteiger partial charge in [-0.15, -0.1) is 0 Å². The van der Waals surface area contributed by atoms with Crippen molar-refractivity contribution in [1.82, 2.24) is 14.7 Å². The molecule has 0 amide bonds. The Hall–Kier alpha value is -2.92. The molecule has 0 unspecified atom stereocenters. The summed E-state index contributed by atoms with van der Waals surface area (Å²) in [5.41, 5.74) is 2.70. The van der Waals surface area contributed by atoms with Crippen LogP contribution in [0.3, 0.4) is 0 Å². The van der Waals surface area contributed by atoms with Crippen LogP contribution in [0, 0.1) is 5.92 Å². The summed E-state index contributed by atoms with van der Waals surface area (Å²) in [6.45, 7) is 3.74. The number of hydrogen-bond donors (Lipinski definition) is 1. The van der Waals surface area contributed by atoms with E-state index < -0.39 is 0 Å². The molecule has 0 radical (unpaired) electrons. The lowest BCUT2D eigenvalue weighted by Crippen LogP contribution is -2.36. The van der Waals surface area contributed by atoms with Crippen molar-refractivity contribution in [2.45, 2.75) is 25.9 Å². The van der Waals surface area contributed by atoms with Crippen LogP contribution in [-0.4, -0.2) is 32.9 Å². The largest absolute Gasteiger partial charge is 0.508 e. The Kier molecular flexibility index (Phi) is 5.53. The van der Waals surface area contributed by atoms with E-state index in [9.17, 15) is 9.90 Å². The van der Waals surface area contributed by atoms with Crippen molar-refractivity contribution in [1.29, 1.82) is 0 Å². The molecule has 5 nitrogen and oxygen atoms in total. The van der Waals surface area contributed by atoms with Crippen LogP contribution in [0.2, 0.25) is 0 Å². The molecular formula is C23H25N3O2. The molecule has 0 bridgehead atoms. The van der Waals surface area contributed by atoms with Crippen molar-refractivity contribution < 1.29 is 5.11 Å². The molecule has 0 aliphatic carbocycles. The van der Waals surface area contributed by atoms with Gasteiger partial charge in [-0.1, -0.05) is 42.5 Å². The smallest absolute Gasteiger partial charge is 0.274 e. The zero-order valence-corrected chi connectivity index (χ0v) is 15.9. The number of likely N-dealkylation sites (tertiary alicyclic amines) is 1. The van der Waals surface area contributed by atoms with Gasteiger partial charge in [-0.05, 0) is 61.2 Å². The molecule has 1 fully saturated rings. The van der Waals surface area contributed by atoms with Crippen LogP contribution in [0.25, 0.3) is 11.1 Å². The first-order valence-corrected chi connectivity index (χ1v) is 9.81. The van der Waals surface area contributed by atoms with E-state index in [2.05, 4.69) is 34.3 Å². The fourth-order valence-corrected chi connectivity index (χ4v) is 3.86. The molecular weight excluding hydrogens is 350 g/mol. The Morgan fingerprint density at radius 2 is 1.68 bits per heavy atom. The van der Waals surface area contributed by atoms with Crippen LogP contribution in [0.15, 0.2) is 71.7 Å². The highest BCUT2D eigenvalue weighted by molar-refractivity contribution is 5.62. The number of aromatic hydroxyl groups is 1. The number of benzene rings is 2. The Labute approximate surface area is 164 Å². The molecule has 1 N–H and O–H groups in total. The van der Waals surface area contributed by atoms with E-state index in [-0.39, 0.29) is 11.3 Å². The molecule has 1 aliphatic rings. The molecule has 4 rings (SSSR count). The third-order valence-electron chi connectivity index (χ3n) is 5.48. The summed E-state index contributed by atoms with van der Waals surface area (Å²) in [6.07, 6.45) is 3.84. The number of piperidine rings is 1. The Bertz CT molecular complexity index is 959. The maximum Gasteiger partial charge on any atom is 0.274 e. The predicted molar refractivity (Wildman–Crippen MR) is 110 cm³/mol. The highest BCUT2D eigenvalue weighted by Crippen LogP contribution is 2.21. The van der Waals surface area contributed by atoms with Crippen LogP contribution in [0.4, 0.5) is 0 Å². The number of phenolic OH excluding ortho intramolecular Hbond substituents is 1. The Balaban J connectivity index is 1.39. The standard InChI is InChI=1S/C23H25N3O2/c27-21-8-6-20(7-9-21)22-10-13-24-26(23(22)28)17-19-11-14-25(15-12-19)16-18-4-2-1-3-5-18/h1-10,13,19,27H,11-12,14-17H2. The third-order valence-corrected chi connectivity index (χ3v) is 5.48. The summed E-state index contributed by atoms with van der Waals surface area (Å²) in [6, 6.07) is 19.0. The van der Waals surface area contributed by atoms with Gasteiger partial charge in [0, 0.05) is 19.3 Å². The van der Waals surface area contributed by atoms with Gasteiger partial charge >= 0.3 is 0 Å². The maximum atomic E-state index is 12.9. The van der Waals surface area contributed by atoms with E-state index in [0.29, 0.717) is 18.0 Å². The minimum atomic E-state index is -0.0695. The monoisotopic (exact) mass is 375 g/mol. The van der Waals surface area contributed by atoms with Gasteiger partial charge in [-0.25, -0.2) is 4.68 Å². The number of nitrogens with zero attached hydrogens (tertiary/aromatic N) is 3. The van der Waals surface area contributed by atoms with Crippen molar-refractivity contribution in [3.05, 3.63) is 82.8 Å². The van der Waals surface area contributed by atoms with Gasteiger partial charge in [0.2, 0.25) is 0 Å². The fourth-order valence-electron chi connectivity index (χ4n) is 3.86. The van der Waals surface area contributed by atoms with Crippen molar-refractivity contribution in [3.8, 4) is 16.9 Å². The van der Waals surface area contributed by atoms with Gasteiger partial charge in [0.05, 0.1) is 5.56 Å². The Morgan fingerprint density at radius 1 is 0.964 bits per heavy atom. The van der Waals surface area contributed by atoms with Gasteiger partial charge in [-0.2, -0.15) is 5.10 Å². The van der Waals surface area contributed by atoms with Crippen molar-refractivity contribution in [3.63, 3.8) is 0 Å². The highest BCUT2D eigenvalue weighted by atomic mass is 16.3. The molecule has 0 spiro atoms. The average molecular weight is 375 g/mol. The van der Waals surface area contributed by atoms with E-state index in [1.807, 2.05) is 6.07 Å². The Morgan fingerprint density at radius 3 is 2.39 bits per heavy atom. The molecule has 0 saturated carbocycles. The normalized spacial score (nSPS) is 15.6. The molecule has 3 aromatic rings. The lowest BCUT2D eigenvalue weighted by molar-refractivity contribution is 0.163. The van der Waals surface area contributed by atoms with Crippen LogP contribution in [0.5, 0.6) is 5.75 Å². The van der Waals surface area contributed by atoms with Crippen LogP contribution in [-0.2, 0) is 13.1 Å². The number of phenols is 1. The molecule has 0 atom stereocenters. The molecule has 2 heterocycles. The molecule has 5 heteroatoms. The second kappa shape index (κ2) is 8.40. The van der Waals surface area contributed by atoms with E-state index in [1.54, 1.807) is 41.2 Å². The second-order valence-electron chi connectivity index (χ2n) is 7.48. The minimum Gasteiger partial charge on any atom is -0.508 e. The summed E-state index contributed by atoms with van der Waals surface area (Å²) in [4.78, 5) is 15.3. The second-order valence-corrected chi connectivity index (χ2v) is 7.48. The SMILES string of the molecule is O=c1c(-c2ccc(O)cc2)ccnn1CC1CCN(Cc2ccccc2)CC1. The van der Waals surface area contributed by atoms with Gasteiger partial charge in [0.25, 0.3) is 5.56 Å². The lowest BCUT2D eigenvalue weighted by atomic mass is 9.96. The predicted octanol–water partition coefficient (Wildman–Crippen LogP) is 3.53. The number of rotatable bonds is 5. The molecule has 2 aromatic carbocycles. The van der Waals surface area contributed by atoms with Crippen molar-refractivity contribution in [2.24, 2.45) is 5.92 Å². The van der Waals surface area contributed by atoms with Crippen molar-refractivity contribution in [2.75, 3.05) is 13.1 Å². The van der Waals surface area contributed by atoms with Gasteiger partial charge in [-0.3, -0.25) is 9.69 Å². The lowest BCUT2D eigenvalue weighted by Gasteiger charge is -2.32. The molecule has 144 valence electrons.